The molecule has 0 bridgehead atoms. The number of hydrogen-bond acceptors (Lipinski definition) is 5. The number of thiophene rings is 1. The highest BCUT2D eigenvalue weighted by molar-refractivity contribution is 9.11. The van der Waals surface area contributed by atoms with Gasteiger partial charge in [-0.15, -0.1) is 22.7 Å². The normalized spacial score (nSPS) is 11.6. The van der Waals surface area contributed by atoms with E-state index in [-0.39, 0.29) is 0 Å². The quantitative estimate of drug-likeness (QED) is 0.802. The summed E-state index contributed by atoms with van der Waals surface area (Å²) in [6, 6.07) is 4.13. The van der Waals surface area contributed by atoms with Crippen LogP contribution in [0, 0.1) is 0 Å². The second-order valence-electron chi connectivity index (χ2n) is 4.85. The molecule has 0 saturated carbocycles. The van der Waals surface area contributed by atoms with Crippen LogP contribution in [0.5, 0.6) is 0 Å². The summed E-state index contributed by atoms with van der Waals surface area (Å²) in [7, 11) is 0. The van der Waals surface area contributed by atoms with Crippen molar-refractivity contribution in [2.24, 2.45) is 0 Å². The molecule has 2 aromatic rings. The number of aliphatic carboxylic acids is 1. The Labute approximate surface area is 134 Å². The summed E-state index contributed by atoms with van der Waals surface area (Å²) in [5.74, 6) is -0.863. The Morgan fingerprint density at radius 2 is 2.25 bits per heavy atom. The van der Waals surface area contributed by atoms with E-state index in [1.807, 2.05) is 6.07 Å². The summed E-state index contributed by atoms with van der Waals surface area (Å²) < 4.78 is 1.13. The lowest BCUT2D eigenvalue weighted by molar-refractivity contribution is -0.142. The van der Waals surface area contributed by atoms with E-state index in [0.29, 0.717) is 5.69 Å². The predicted octanol–water partition coefficient (Wildman–Crippen LogP) is 3.98. The number of rotatable bonds is 6. The molecule has 0 spiro atoms. The first kappa shape index (κ1) is 15.5. The molecule has 4 nitrogen and oxygen atoms in total. The third kappa shape index (κ3) is 3.59. The number of aromatic nitrogens is 1. The Morgan fingerprint density at radius 1 is 1.50 bits per heavy atom. The SMILES string of the molecule is CC(C)(C(=O)O)c1csc(NCCc2ccc(Br)s2)n1. The fourth-order valence-electron chi connectivity index (χ4n) is 1.53. The molecular formula is C13H15BrN2O2S2. The first-order valence-electron chi connectivity index (χ1n) is 6.07. The predicted molar refractivity (Wildman–Crippen MR) is 87.0 cm³/mol. The first-order valence-corrected chi connectivity index (χ1v) is 8.56. The summed E-state index contributed by atoms with van der Waals surface area (Å²) in [5, 5.41) is 15.0. The van der Waals surface area contributed by atoms with Crippen LogP contribution < -0.4 is 5.32 Å². The maximum atomic E-state index is 11.2. The lowest BCUT2D eigenvalue weighted by atomic mass is 9.90. The maximum absolute atomic E-state index is 11.2. The van der Waals surface area contributed by atoms with Crippen LogP contribution in [-0.2, 0) is 16.6 Å². The highest BCUT2D eigenvalue weighted by Gasteiger charge is 2.32. The lowest BCUT2D eigenvalue weighted by Gasteiger charge is -2.15. The molecule has 2 rings (SSSR count). The van der Waals surface area contributed by atoms with E-state index in [4.69, 9.17) is 0 Å². The molecule has 2 N–H and O–H groups in total. The summed E-state index contributed by atoms with van der Waals surface area (Å²) in [5.41, 5.74) is -0.355. The van der Waals surface area contributed by atoms with Crippen molar-refractivity contribution in [1.29, 1.82) is 0 Å². The van der Waals surface area contributed by atoms with E-state index in [9.17, 15) is 9.90 Å². The highest BCUT2D eigenvalue weighted by atomic mass is 79.9. The van der Waals surface area contributed by atoms with Crippen molar-refractivity contribution < 1.29 is 9.90 Å². The van der Waals surface area contributed by atoms with Crippen LogP contribution in [0.2, 0.25) is 0 Å². The maximum Gasteiger partial charge on any atom is 0.315 e. The molecule has 0 fully saturated rings. The Bertz CT molecular complexity index is 607. The number of carbonyl (C=O) groups is 1. The molecule has 2 heterocycles. The zero-order chi connectivity index (χ0) is 14.8. The standard InChI is InChI=1S/C13H15BrN2O2S2/c1-13(2,11(17)18)9-7-19-12(16-9)15-6-5-8-3-4-10(14)20-8/h3-4,7H,5-6H2,1-2H3,(H,15,16)(H,17,18). The average molecular weight is 375 g/mol. The van der Waals surface area contributed by atoms with Gasteiger partial charge in [0.05, 0.1) is 9.48 Å². The number of carboxylic acids is 1. The zero-order valence-corrected chi connectivity index (χ0v) is 14.4. The number of carboxylic acid groups (broad SMARTS) is 1. The van der Waals surface area contributed by atoms with Crippen molar-refractivity contribution in [3.8, 4) is 0 Å². The minimum Gasteiger partial charge on any atom is -0.481 e. The third-order valence-corrected chi connectivity index (χ3v) is 5.44. The Balaban J connectivity index is 1.92. The first-order chi connectivity index (χ1) is 9.39. The van der Waals surface area contributed by atoms with Crippen molar-refractivity contribution >= 4 is 49.7 Å². The number of nitrogens with zero attached hydrogens (tertiary/aromatic N) is 1. The zero-order valence-electron chi connectivity index (χ0n) is 11.1. The van der Waals surface area contributed by atoms with Gasteiger partial charge in [0.1, 0.15) is 5.41 Å². The molecule has 0 atom stereocenters. The molecule has 108 valence electrons. The van der Waals surface area contributed by atoms with E-state index in [0.717, 1.165) is 21.9 Å². The second kappa shape index (κ2) is 6.24. The molecule has 20 heavy (non-hydrogen) atoms. The van der Waals surface area contributed by atoms with Crippen LogP contribution in [0.4, 0.5) is 5.13 Å². The number of anilines is 1. The average Bonchev–Trinajstić information content (AvgIpc) is 2.99. The fourth-order valence-corrected chi connectivity index (χ4v) is 3.92. The molecule has 0 aliphatic heterocycles. The van der Waals surface area contributed by atoms with Gasteiger partial charge in [0.15, 0.2) is 5.13 Å². The van der Waals surface area contributed by atoms with Crippen LogP contribution in [0.15, 0.2) is 21.3 Å². The molecule has 7 heteroatoms. The van der Waals surface area contributed by atoms with E-state index in [1.54, 1.807) is 30.6 Å². The van der Waals surface area contributed by atoms with Gasteiger partial charge in [-0.1, -0.05) is 0 Å². The molecular weight excluding hydrogens is 360 g/mol. The van der Waals surface area contributed by atoms with Gasteiger partial charge in [0, 0.05) is 16.8 Å². The Kier molecular flexibility index (Phi) is 4.82. The third-order valence-electron chi connectivity index (χ3n) is 2.96. The van der Waals surface area contributed by atoms with Gasteiger partial charge < -0.3 is 10.4 Å². The van der Waals surface area contributed by atoms with Gasteiger partial charge in [0.2, 0.25) is 0 Å². The minimum atomic E-state index is -0.949. The second-order valence-corrected chi connectivity index (χ2v) is 8.26. The van der Waals surface area contributed by atoms with Gasteiger partial charge in [-0.05, 0) is 48.3 Å². The molecule has 0 saturated heterocycles. The van der Waals surface area contributed by atoms with E-state index >= 15 is 0 Å². The van der Waals surface area contributed by atoms with Crippen LogP contribution in [0.1, 0.15) is 24.4 Å². The van der Waals surface area contributed by atoms with Crippen molar-refractivity contribution in [3.63, 3.8) is 0 Å². The van der Waals surface area contributed by atoms with Crippen molar-refractivity contribution in [2.45, 2.75) is 25.7 Å². The number of halogens is 1. The van der Waals surface area contributed by atoms with Gasteiger partial charge in [-0.3, -0.25) is 4.79 Å². The van der Waals surface area contributed by atoms with Crippen molar-refractivity contribution in [2.75, 3.05) is 11.9 Å². The number of thiazole rings is 1. The number of hydrogen-bond donors (Lipinski definition) is 2. The van der Waals surface area contributed by atoms with Crippen LogP contribution >= 0.6 is 38.6 Å². The summed E-state index contributed by atoms with van der Waals surface area (Å²) in [6.07, 6.45) is 0.924. The van der Waals surface area contributed by atoms with E-state index in [2.05, 4.69) is 32.3 Å². The Hall–Kier alpha value is -0.920. The van der Waals surface area contributed by atoms with Crippen LogP contribution in [-0.4, -0.2) is 22.6 Å². The molecule has 0 aromatic carbocycles. The summed E-state index contributed by atoms with van der Waals surface area (Å²) in [6.45, 7) is 4.11. The van der Waals surface area contributed by atoms with Gasteiger partial charge in [0.25, 0.3) is 0 Å². The summed E-state index contributed by atoms with van der Waals surface area (Å²) >= 11 is 6.60. The fraction of sp³-hybridized carbons (Fsp3) is 0.385. The molecule has 2 aromatic heterocycles. The molecule has 0 unspecified atom stereocenters. The summed E-state index contributed by atoms with van der Waals surface area (Å²) in [4.78, 5) is 16.8. The van der Waals surface area contributed by atoms with Gasteiger partial charge >= 0.3 is 5.97 Å². The molecule has 0 amide bonds. The topological polar surface area (TPSA) is 62.2 Å². The van der Waals surface area contributed by atoms with E-state index in [1.165, 1.54) is 16.2 Å². The van der Waals surface area contributed by atoms with Crippen LogP contribution in [0.25, 0.3) is 0 Å². The smallest absolute Gasteiger partial charge is 0.315 e. The van der Waals surface area contributed by atoms with Gasteiger partial charge in [-0.2, -0.15) is 0 Å². The molecule has 0 aliphatic carbocycles. The lowest BCUT2D eigenvalue weighted by Crippen LogP contribution is -2.28. The largest absolute Gasteiger partial charge is 0.481 e. The van der Waals surface area contributed by atoms with Gasteiger partial charge in [-0.25, -0.2) is 4.98 Å². The van der Waals surface area contributed by atoms with Crippen molar-refractivity contribution in [3.05, 3.63) is 31.9 Å². The highest BCUT2D eigenvalue weighted by Crippen LogP contribution is 2.27. The molecule has 0 radical (unpaired) electrons. The Morgan fingerprint density at radius 3 is 2.85 bits per heavy atom. The van der Waals surface area contributed by atoms with Crippen molar-refractivity contribution in [1.82, 2.24) is 4.98 Å². The van der Waals surface area contributed by atoms with E-state index < -0.39 is 11.4 Å². The monoisotopic (exact) mass is 374 g/mol. The minimum absolute atomic E-state index is 0.594. The number of nitrogens with one attached hydrogen (secondary N) is 1. The molecule has 0 aliphatic rings. The van der Waals surface area contributed by atoms with Crippen LogP contribution in [0.3, 0.4) is 0 Å².